The highest BCUT2D eigenvalue weighted by molar-refractivity contribution is 6.47. The normalized spacial score (nSPS) is 16.0. The van der Waals surface area contributed by atoms with Gasteiger partial charge in [-0.15, -0.1) is 0 Å². The first-order valence-electron chi connectivity index (χ1n) is 9.23. The van der Waals surface area contributed by atoms with Crippen molar-refractivity contribution >= 4 is 18.8 Å². The van der Waals surface area contributed by atoms with Crippen LogP contribution in [0.5, 0.6) is 0 Å². The van der Waals surface area contributed by atoms with Gasteiger partial charge in [-0.3, -0.25) is 0 Å². The van der Waals surface area contributed by atoms with E-state index in [0.717, 1.165) is 23.9 Å². The van der Waals surface area contributed by atoms with E-state index in [4.69, 9.17) is 10.4 Å². The highest BCUT2D eigenvalue weighted by Crippen LogP contribution is 2.45. The molecule has 0 unspecified atom stereocenters. The van der Waals surface area contributed by atoms with Crippen LogP contribution in [-0.4, -0.2) is 33.6 Å². The van der Waals surface area contributed by atoms with Crippen molar-refractivity contribution in [1.82, 2.24) is 9.78 Å². The molecule has 2 aromatic rings. The molecule has 1 aliphatic carbocycles. The standard InChI is InChI=1S/C20H27BN4O2/c1-18(2,26)19(3,4)27-21-14-8-6-13(7-9-14)16-15(12-22)17(23)25(24-16)20(5)10-11-20/h6-9,21,26H,10-11,23H2,1-5H3. The van der Waals surface area contributed by atoms with Gasteiger partial charge >= 0.3 is 7.48 Å². The third kappa shape index (κ3) is 3.60. The predicted octanol–water partition coefficient (Wildman–Crippen LogP) is 2.06. The summed E-state index contributed by atoms with van der Waals surface area (Å²) in [5.41, 5.74) is 7.37. The highest BCUT2D eigenvalue weighted by Gasteiger charge is 2.42. The summed E-state index contributed by atoms with van der Waals surface area (Å²) in [5.74, 6) is 0.437. The van der Waals surface area contributed by atoms with Crippen molar-refractivity contribution in [1.29, 1.82) is 5.26 Å². The number of anilines is 1. The smallest absolute Gasteiger partial charge is 0.309 e. The van der Waals surface area contributed by atoms with E-state index in [1.165, 1.54) is 0 Å². The van der Waals surface area contributed by atoms with Crippen LogP contribution in [0.15, 0.2) is 24.3 Å². The maximum absolute atomic E-state index is 10.2. The van der Waals surface area contributed by atoms with Gasteiger partial charge in [-0.05, 0) is 47.5 Å². The number of nitriles is 1. The zero-order valence-electron chi connectivity index (χ0n) is 16.7. The molecule has 1 fully saturated rings. The monoisotopic (exact) mass is 366 g/mol. The zero-order chi connectivity index (χ0) is 20.0. The summed E-state index contributed by atoms with van der Waals surface area (Å²) in [4.78, 5) is 0. The second-order valence-corrected chi connectivity index (χ2v) is 8.68. The first-order valence-corrected chi connectivity index (χ1v) is 9.23. The summed E-state index contributed by atoms with van der Waals surface area (Å²) < 4.78 is 7.70. The third-order valence-electron chi connectivity index (χ3n) is 5.82. The first kappa shape index (κ1) is 19.5. The van der Waals surface area contributed by atoms with Crippen molar-refractivity contribution < 1.29 is 9.76 Å². The fourth-order valence-electron chi connectivity index (χ4n) is 2.75. The van der Waals surface area contributed by atoms with Gasteiger partial charge in [0.25, 0.3) is 0 Å². The molecule has 0 aliphatic heterocycles. The van der Waals surface area contributed by atoms with E-state index in [-0.39, 0.29) is 5.54 Å². The van der Waals surface area contributed by atoms with Crippen LogP contribution in [-0.2, 0) is 10.2 Å². The molecule has 0 atom stereocenters. The van der Waals surface area contributed by atoms with Gasteiger partial charge in [0.2, 0.25) is 0 Å². The molecule has 3 rings (SSSR count). The van der Waals surface area contributed by atoms with E-state index in [9.17, 15) is 10.4 Å². The summed E-state index contributed by atoms with van der Waals surface area (Å²) in [6, 6.07) is 9.95. The van der Waals surface area contributed by atoms with E-state index < -0.39 is 11.2 Å². The fourth-order valence-corrected chi connectivity index (χ4v) is 2.75. The molecule has 0 spiro atoms. The Morgan fingerprint density at radius 1 is 1.26 bits per heavy atom. The van der Waals surface area contributed by atoms with Gasteiger partial charge in [-0.1, -0.05) is 29.7 Å². The molecule has 3 N–H and O–H groups in total. The van der Waals surface area contributed by atoms with Crippen LogP contribution >= 0.6 is 0 Å². The number of nitrogen functional groups attached to an aromatic ring is 1. The number of aliphatic hydroxyl groups is 1. The number of hydrogen-bond acceptors (Lipinski definition) is 5. The molecule has 1 heterocycles. The Kier molecular flexibility index (Phi) is 4.61. The Hall–Kier alpha value is -2.30. The average Bonchev–Trinajstić information content (AvgIpc) is 3.24. The lowest BCUT2D eigenvalue weighted by Crippen LogP contribution is -2.49. The number of rotatable bonds is 6. The van der Waals surface area contributed by atoms with E-state index >= 15 is 0 Å². The molecular formula is C20H27BN4O2. The first-order chi connectivity index (χ1) is 12.5. The molecule has 7 heteroatoms. The summed E-state index contributed by atoms with van der Waals surface area (Å²) >= 11 is 0. The van der Waals surface area contributed by atoms with Gasteiger partial charge in [-0.2, -0.15) is 10.4 Å². The van der Waals surface area contributed by atoms with E-state index in [1.54, 1.807) is 18.5 Å². The summed E-state index contributed by atoms with van der Waals surface area (Å²) in [6.45, 7) is 9.32. The van der Waals surface area contributed by atoms with Gasteiger partial charge in [-0.25, -0.2) is 4.68 Å². The van der Waals surface area contributed by atoms with Gasteiger partial charge in [0.1, 0.15) is 23.1 Å². The van der Waals surface area contributed by atoms with Crippen LogP contribution < -0.4 is 11.2 Å². The van der Waals surface area contributed by atoms with Gasteiger partial charge < -0.3 is 15.5 Å². The minimum absolute atomic E-state index is 0.0651. The Morgan fingerprint density at radius 3 is 2.33 bits per heavy atom. The Balaban J connectivity index is 1.82. The number of nitrogens with zero attached hydrogens (tertiary/aromatic N) is 3. The van der Waals surface area contributed by atoms with Crippen LogP contribution in [0.4, 0.5) is 5.82 Å². The number of aromatic nitrogens is 2. The van der Waals surface area contributed by atoms with Crippen LogP contribution in [0.2, 0.25) is 0 Å². The molecule has 0 radical (unpaired) electrons. The molecule has 1 saturated carbocycles. The molecular weight excluding hydrogens is 339 g/mol. The van der Waals surface area contributed by atoms with Crippen LogP contribution in [0.1, 0.15) is 53.0 Å². The van der Waals surface area contributed by atoms with Crippen LogP contribution in [0.25, 0.3) is 11.3 Å². The Bertz CT molecular complexity index is 884. The van der Waals surface area contributed by atoms with E-state index in [2.05, 4.69) is 18.1 Å². The van der Waals surface area contributed by atoms with E-state index in [0.29, 0.717) is 24.6 Å². The molecule has 6 nitrogen and oxygen atoms in total. The molecule has 1 aliphatic rings. The minimum atomic E-state index is -0.947. The summed E-state index contributed by atoms with van der Waals surface area (Å²) in [7, 11) is 0.386. The van der Waals surface area contributed by atoms with Gasteiger partial charge in [0, 0.05) is 5.56 Å². The lowest BCUT2D eigenvalue weighted by atomic mass is 9.82. The Labute approximate surface area is 161 Å². The third-order valence-corrected chi connectivity index (χ3v) is 5.82. The fraction of sp³-hybridized carbons (Fsp3) is 0.500. The van der Waals surface area contributed by atoms with Gasteiger partial charge in [0.05, 0.1) is 16.7 Å². The van der Waals surface area contributed by atoms with Crippen molar-refractivity contribution in [3.05, 3.63) is 29.8 Å². The molecule has 0 amide bonds. The second kappa shape index (κ2) is 6.40. The van der Waals surface area contributed by atoms with E-state index in [1.807, 2.05) is 38.1 Å². The highest BCUT2D eigenvalue weighted by atomic mass is 16.5. The Morgan fingerprint density at radius 2 is 1.85 bits per heavy atom. The van der Waals surface area contributed by atoms with Crippen LogP contribution in [0.3, 0.4) is 0 Å². The van der Waals surface area contributed by atoms with Crippen LogP contribution in [0, 0.1) is 11.3 Å². The van der Waals surface area contributed by atoms with Crippen molar-refractivity contribution in [2.75, 3.05) is 5.73 Å². The minimum Gasteiger partial charge on any atom is -0.427 e. The lowest BCUT2D eigenvalue weighted by Gasteiger charge is -2.37. The molecule has 1 aromatic carbocycles. The number of nitrogens with two attached hydrogens (primary N) is 1. The quantitative estimate of drug-likeness (QED) is 0.763. The maximum Gasteiger partial charge on any atom is 0.309 e. The van der Waals surface area contributed by atoms with Crippen molar-refractivity contribution in [2.45, 2.75) is 64.2 Å². The zero-order valence-corrected chi connectivity index (χ0v) is 16.7. The molecule has 0 saturated heterocycles. The lowest BCUT2D eigenvalue weighted by molar-refractivity contribution is -0.0893. The predicted molar refractivity (Wildman–Crippen MR) is 108 cm³/mol. The topological polar surface area (TPSA) is 97.1 Å². The van der Waals surface area contributed by atoms with Crippen molar-refractivity contribution in [2.24, 2.45) is 0 Å². The summed E-state index contributed by atoms with van der Waals surface area (Å²) in [5, 5.41) is 24.4. The molecule has 0 bridgehead atoms. The number of benzene rings is 1. The molecule has 142 valence electrons. The van der Waals surface area contributed by atoms with Crippen molar-refractivity contribution in [3.8, 4) is 17.3 Å². The van der Waals surface area contributed by atoms with Crippen molar-refractivity contribution in [3.63, 3.8) is 0 Å². The second-order valence-electron chi connectivity index (χ2n) is 8.68. The molecule has 1 aromatic heterocycles. The largest absolute Gasteiger partial charge is 0.427 e. The number of hydrogen-bond donors (Lipinski definition) is 2. The summed E-state index contributed by atoms with van der Waals surface area (Å²) in [6.07, 6.45) is 2.05. The molecule has 27 heavy (non-hydrogen) atoms. The SMILES string of the molecule is CC1(n2nc(-c3ccc(BOC(C)(C)C(C)(C)O)cc3)c(C#N)c2N)CC1. The van der Waals surface area contributed by atoms with Gasteiger partial charge in [0.15, 0.2) is 0 Å². The maximum atomic E-state index is 10.2. The average molecular weight is 366 g/mol.